The van der Waals surface area contributed by atoms with Crippen molar-refractivity contribution in [3.8, 4) is 17.5 Å². The molecule has 2 saturated heterocycles. The van der Waals surface area contributed by atoms with Crippen LogP contribution in [0.4, 0.5) is 21.8 Å². The number of hydrogen-bond donors (Lipinski definition) is 3. The molecule has 0 amide bonds. The normalized spacial score (nSPS) is 21.5. The molecule has 2 aliphatic rings. The van der Waals surface area contributed by atoms with Crippen LogP contribution in [-0.4, -0.2) is 78.6 Å². The SMILES string of the molecule is [2H]C([2H])(O)C([2H])([2H])Oc1cc(F)c(Nc2ncc(C#N)c(NC[C@@H]3CCCN4CCCC[C@H]34)n2)cc1-n1nnn(C)c1=O. The summed E-state index contributed by atoms with van der Waals surface area (Å²) >= 11 is 0. The number of piperidine rings is 2. The zero-order chi connectivity index (χ0) is 30.9. The monoisotopic (exact) mass is 542 g/mol. The van der Waals surface area contributed by atoms with E-state index in [1.807, 2.05) is 0 Å². The van der Waals surface area contributed by atoms with Gasteiger partial charge < -0.3 is 25.4 Å². The fourth-order valence-electron chi connectivity index (χ4n) is 5.25. The summed E-state index contributed by atoms with van der Waals surface area (Å²) in [6.45, 7) is -4.01. The Morgan fingerprint density at radius 2 is 2.13 bits per heavy atom. The molecule has 1 aromatic carbocycles. The Kier molecular flexibility index (Phi) is 6.57. The lowest BCUT2D eigenvalue weighted by molar-refractivity contribution is 0.0649. The minimum absolute atomic E-state index is 0.0727. The summed E-state index contributed by atoms with van der Waals surface area (Å²) in [6.07, 6.45) is 6.99. The summed E-state index contributed by atoms with van der Waals surface area (Å²) in [5, 5.41) is 32.5. The molecule has 206 valence electrons. The second kappa shape index (κ2) is 11.7. The summed E-state index contributed by atoms with van der Waals surface area (Å²) in [7, 11) is 1.30. The number of fused-ring (bicyclic) bond motifs is 1. The highest BCUT2D eigenvalue weighted by Gasteiger charge is 2.32. The quantitative estimate of drug-likeness (QED) is 0.360. The van der Waals surface area contributed by atoms with E-state index >= 15 is 4.39 Å². The molecular weight excluding hydrogens is 507 g/mol. The van der Waals surface area contributed by atoms with Crippen LogP contribution in [0.1, 0.15) is 43.2 Å². The summed E-state index contributed by atoms with van der Waals surface area (Å²) in [4.78, 5) is 23.6. The van der Waals surface area contributed by atoms with Gasteiger partial charge in [-0.1, -0.05) is 6.42 Å². The third kappa shape index (κ3) is 5.69. The van der Waals surface area contributed by atoms with Crippen LogP contribution in [-0.2, 0) is 7.05 Å². The highest BCUT2D eigenvalue weighted by atomic mass is 19.1. The van der Waals surface area contributed by atoms with Gasteiger partial charge in [0.2, 0.25) is 5.95 Å². The van der Waals surface area contributed by atoms with Crippen molar-refractivity contribution < 1.29 is 19.7 Å². The molecule has 4 heterocycles. The van der Waals surface area contributed by atoms with Crippen LogP contribution < -0.4 is 21.1 Å². The topological polar surface area (TPSA) is 159 Å². The Bertz CT molecular complexity index is 1590. The average Bonchev–Trinajstić information content (AvgIpc) is 3.30. The number of aryl methyl sites for hydroxylation is 1. The predicted molar refractivity (Wildman–Crippen MR) is 140 cm³/mol. The number of nitriles is 1. The van der Waals surface area contributed by atoms with Crippen LogP contribution >= 0.6 is 0 Å². The first-order valence-corrected chi connectivity index (χ1v) is 12.6. The van der Waals surface area contributed by atoms with E-state index < -0.39 is 30.4 Å². The zero-order valence-corrected chi connectivity index (χ0v) is 21.3. The van der Waals surface area contributed by atoms with Gasteiger partial charge in [0.05, 0.1) is 23.9 Å². The lowest BCUT2D eigenvalue weighted by atomic mass is 9.83. The molecule has 13 nitrogen and oxygen atoms in total. The molecule has 2 fully saturated rings. The zero-order valence-electron chi connectivity index (χ0n) is 25.3. The molecule has 0 unspecified atom stereocenters. The molecule has 0 aliphatic carbocycles. The van der Waals surface area contributed by atoms with Crippen molar-refractivity contribution in [2.24, 2.45) is 13.0 Å². The average molecular weight is 543 g/mol. The Morgan fingerprint density at radius 1 is 1.28 bits per heavy atom. The van der Waals surface area contributed by atoms with E-state index in [0.29, 0.717) is 29.3 Å². The molecular formula is C25H31FN10O3. The van der Waals surface area contributed by atoms with Gasteiger partial charge >= 0.3 is 5.69 Å². The van der Waals surface area contributed by atoms with E-state index in [-0.39, 0.29) is 28.7 Å². The van der Waals surface area contributed by atoms with Crippen LogP contribution in [0.3, 0.4) is 0 Å². The number of aromatic nitrogens is 6. The van der Waals surface area contributed by atoms with Crippen molar-refractivity contribution in [2.75, 3.05) is 43.4 Å². The number of nitrogens with one attached hydrogen (secondary N) is 2. The van der Waals surface area contributed by atoms with E-state index in [9.17, 15) is 15.2 Å². The number of anilines is 3. The predicted octanol–water partition coefficient (Wildman–Crippen LogP) is 1.56. The number of tetrazole rings is 1. The Balaban J connectivity index is 1.43. The van der Waals surface area contributed by atoms with Crippen molar-refractivity contribution in [3.63, 3.8) is 0 Å². The first kappa shape index (κ1) is 21.8. The number of aliphatic hydroxyl groups is 1. The minimum atomic E-state index is -3.47. The van der Waals surface area contributed by atoms with Gasteiger partial charge in [-0.15, -0.1) is 0 Å². The Hall–Kier alpha value is -4.09. The second-order valence-electron chi connectivity index (χ2n) is 9.49. The molecule has 3 N–H and O–H groups in total. The van der Waals surface area contributed by atoms with Crippen molar-refractivity contribution in [3.05, 3.63) is 40.2 Å². The minimum Gasteiger partial charge on any atom is -0.489 e. The first-order chi connectivity index (χ1) is 20.4. The number of halogens is 1. The largest absolute Gasteiger partial charge is 0.489 e. The number of nitrogens with zero attached hydrogens (tertiary/aromatic N) is 8. The summed E-state index contributed by atoms with van der Waals surface area (Å²) < 4.78 is 52.0. The van der Waals surface area contributed by atoms with Crippen molar-refractivity contribution >= 4 is 17.5 Å². The Morgan fingerprint density at radius 3 is 2.90 bits per heavy atom. The molecule has 0 bridgehead atoms. The van der Waals surface area contributed by atoms with Gasteiger partial charge in [0.25, 0.3) is 0 Å². The van der Waals surface area contributed by atoms with E-state index in [1.54, 1.807) is 0 Å². The number of benzene rings is 1. The van der Waals surface area contributed by atoms with Crippen LogP contribution in [0.2, 0.25) is 0 Å². The van der Waals surface area contributed by atoms with Crippen molar-refractivity contribution in [1.29, 1.82) is 5.26 Å². The maximum absolute atomic E-state index is 15.3. The second-order valence-corrected chi connectivity index (χ2v) is 9.49. The van der Waals surface area contributed by atoms with Crippen molar-refractivity contribution in [1.82, 2.24) is 34.7 Å². The maximum Gasteiger partial charge on any atom is 0.368 e. The van der Waals surface area contributed by atoms with E-state index in [1.165, 1.54) is 26.1 Å². The maximum atomic E-state index is 15.3. The number of ether oxygens (including phenoxy) is 1. The van der Waals surface area contributed by atoms with Gasteiger partial charge in [-0.25, -0.2) is 14.2 Å². The number of hydrogen-bond acceptors (Lipinski definition) is 11. The number of rotatable bonds is 9. The Labute approximate surface area is 229 Å². The summed E-state index contributed by atoms with van der Waals surface area (Å²) in [6, 6.07) is 4.29. The van der Waals surface area contributed by atoms with Gasteiger partial charge in [0.15, 0.2) is 5.82 Å². The fraction of sp³-hybridized carbons (Fsp3) is 0.520. The molecule has 5 rings (SSSR count). The van der Waals surface area contributed by atoms with E-state index in [0.717, 1.165) is 43.1 Å². The third-order valence-electron chi connectivity index (χ3n) is 7.12. The molecule has 2 aliphatic heterocycles. The van der Waals surface area contributed by atoms with Gasteiger partial charge in [0, 0.05) is 25.7 Å². The van der Waals surface area contributed by atoms with Crippen molar-refractivity contribution in [2.45, 2.75) is 38.1 Å². The summed E-state index contributed by atoms with van der Waals surface area (Å²) in [5.41, 5.74) is -1.17. The molecule has 3 aromatic rings. The van der Waals surface area contributed by atoms with E-state index in [2.05, 4.69) is 42.0 Å². The van der Waals surface area contributed by atoms with Gasteiger partial charge in [-0.3, -0.25) is 0 Å². The molecule has 0 saturated carbocycles. The van der Waals surface area contributed by atoms with Crippen LogP contribution in [0.25, 0.3) is 5.69 Å². The highest BCUT2D eigenvalue weighted by molar-refractivity contribution is 5.64. The lowest BCUT2D eigenvalue weighted by Gasteiger charge is -2.44. The molecule has 14 heteroatoms. The molecule has 2 aromatic heterocycles. The van der Waals surface area contributed by atoms with Crippen LogP contribution in [0, 0.1) is 23.1 Å². The van der Waals surface area contributed by atoms with E-state index in [4.69, 9.17) is 10.2 Å². The standard InChI is InChI=1S/C25H31FN10O3/c1-34-25(38)36(33-32-34)21-12-19(18(26)11-22(21)39-10-9-37)30-24-29-15-17(13-27)23(31-24)28-14-16-5-4-8-35-7-3-2-6-20(16)35/h11-12,15-16,20,37H,2-10,14H2,1H3,(H2,28,29,30,31)/t16-,20+/m0/s1/i9D2,10D2. The van der Waals surface area contributed by atoms with Gasteiger partial charge in [0.1, 0.15) is 35.4 Å². The third-order valence-corrected chi connectivity index (χ3v) is 7.12. The molecule has 39 heavy (non-hydrogen) atoms. The lowest BCUT2D eigenvalue weighted by Crippen LogP contribution is -2.49. The summed E-state index contributed by atoms with van der Waals surface area (Å²) in [5.74, 6) is -1.06. The fourth-order valence-corrected chi connectivity index (χ4v) is 5.25. The van der Waals surface area contributed by atoms with Crippen LogP contribution in [0.5, 0.6) is 5.75 Å². The smallest absolute Gasteiger partial charge is 0.368 e. The molecule has 2 atom stereocenters. The first-order valence-electron chi connectivity index (χ1n) is 14.6. The van der Waals surface area contributed by atoms with Crippen LogP contribution in [0.15, 0.2) is 23.1 Å². The highest BCUT2D eigenvalue weighted by Crippen LogP contribution is 2.32. The van der Waals surface area contributed by atoms with Gasteiger partial charge in [-0.2, -0.15) is 19.6 Å². The molecule has 0 radical (unpaired) electrons. The molecule has 0 spiro atoms. The van der Waals surface area contributed by atoms with Gasteiger partial charge in [-0.05, 0) is 61.2 Å².